The first-order chi connectivity index (χ1) is 6.04. The highest BCUT2D eigenvalue weighted by atomic mass is 16.5. The highest BCUT2D eigenvalue weighted by molar-refractivity contribution is 6.30. The van der Waals surface area contributed by atoms with E-state index in [1.54, 1.807) is 0 Å². The average molecular weight is 196 g/mol. The van der Waals surface area contributed by atoms with Gasteiger partial charge in [0, 0.05) is 0 Å². The van der Waals surface area contributed by atoms with Gasteiger partial charge in [0.25, 0.3) is 0 Å². The predicted molar refractivity (Wildman–Crippen MR) is 46.6 cm³/mol. The van der Waals surface area contributed by atoms with E-state index in [0.717, 1.165) is 0 Å². The van der Waals surface area contributed by atoms with Gasteiger partial charge in [-0.3, -0.25) is 0 Å². The summed E-state index contributed by atoms with van der Waals surface area (Å²) in [6.07, 6.45) is 0.322. The molecule has 6 nitrogen and oxygen atoms in total. The Morgan fingerprint density at radius 2 is 1.77 bits per heavy atom. The SMILES string of the molecule is CCC(O)COCCO.OB(O)O. The van der Waals surface area contributed by atoms with Crippen molar-refractivity contribution >= 4 is 7.32 Å². The molecule has 0 aromatic carbocycles. The predicted octanol–water partition coefficient (Wildman–Crippen LogP) is -2.29. The minimum absolute atomic E-state index is 0.0242. The molecule has 7 heteroatoms. The topological polar surface area (TPSA) is 110 Å². The maximum Gasteiger partial charge on any atom is 0.631 e. The zero-order valence-corrected chi connectivity index (χ0v) is 7.63. The average Bonchev–Trinajstić information content (AvgIpc) is 2.03. The van der Waals surface area contributed by atoms with Crippen LogP contribution in [-0.4, -0.2) is 58.5 Å². The summed E-state index contributed by atoms with van der Waals surface area (Å²) in [7, 11) is -2.17. The molecule has 13 heavy (non-hydrogen) atoms. The number of ether oxygens (including phenoxy) is 1. The second-order valence-electron chi connectivity index (χ2n) is 2.21. The molecule has 0 saturated heterocycles. The summed E-state index contributed by atoms with van der Waals surface area (Å²) >= 11 is 0. The smallest absolute Gasteiger partial charge is 0.402 e. The van der Waals surface area contributed by atoms with Crippen molar-refractivity contribution in [2.24, 2.45) is 0 Å². The molecule has 5 N–H and O–H groups in total. The quantitative estimate of drug-likeness (QED) is 0.250. The van der Waals surface area contributed by atoms with E-state index in [4.69, 9.17) is 30.0 Å². The van der Waals surface area contributed by atoms with Crippen LogP contribution in [-0.2, 0) is 4.74 Å². The molecular weight excluding hydrogens is 179 g/mol. The minimum Gasteiger partial charge on any atom is -0.402 e. The highest BCUT2D eigenvalue weighted by Crippen LogP contribution is 1.89. The molecule has 0 aliphatic heterocycles. The molecule has 0 rings (SSSR count). The molecule has 0 spiro atoms. The van der Waals surface area contributed by atoms with E-state index in [0.29, 0.717) is 19.6 Å². The molecule has 0 fully saturated rings. The molecule has 0 amide bonds. The molecule has 80 valence electrons. The molecule has 0 radical (unpaired) electrons. The normalized spacial score (nSPS) is 11.5. The minimum atomic E-state index is -2.17. The van der Waals surface area contributed by atoms with E-state index in [-0.39, 0.29) is 12.7 Å². The van der Waals surface area contributed by atoms with Gasteiger partial charge in [0.15, 0.2) is 0 Å². The Morgan fingerprint density at radius 3 is 2.08 bits per heavy atom. The van der Waals surface area contributed by atoms with E-state index in [1.807, 2.05) is 6.92 Å². The summed E-state index contributed by atoms with van der Waals surface area (Å²) in [4.78, 5) is 0. The van der Waals surface area contributed by atoms with Gasteiger partial charge in [0.2, 0.25) is 0 Å². The Balaban J connectivity index is 0. The van der Waals surface area contributed by atoms with E-state index in [1.165, 1.54) is 0 Å². The van der Waals surface area contributed by atoms with Crippen molar-refractivity contribution in [3.05, 3.63) is 0 Å². The number of aliphatic hydroxyl groups excluding tert-OH is 2. The summed E-state index contributed by atoms with van der Waals surface area (Å²) < 4.78 is 4.84. The van der Waals surface area contributed by atoms with Crippen molar-refractivity contribution in [1.82, 2.24) is 0 Å². The van der Waals surface area contributed by atoms with Crippen LogP contribution in [0, 0.1) is 0 Å². The number of hydrogen-bond acceptors (Lipinski definition) is 6. The van der Waals surface area contributed by atoms with Gasteiger partial charge in [0.05, 0.1) is 25.9 Å². The molecule has 0 aliphatic carbocycles. The van der Waals surface area contributed by atoms with Crippen molar-refractivity contribution in [2.75, 3.05) is 19.8 Å². The number of aliphatic hydroxyl groups is 2. The van der Waals surface area contributed by atoms with Crippen LogP contribution in [0.1, 0.15) is 13.3 Å². The van der Waals surface area contributed by atoms with E-state index < -0.39 is 7.32 Å². The van der Waals surface area contributed by atoms with E-state index in [2.05, 4.69) is 0 Å². The van der Waals surface area contributed by atoms with Gasteiger partial charge in [-0.05, 0) is 6.42 Å². The maximum absolute atomic E-state index is 8.88. The lowest BCUT2D eigenvalue weighted by Gasteiger charge is -2.06. The third kappa shape index (κ3) is 24.5. The molecule has 0 aromatic rings. The number of hydrogen-bond donors (Lipinski definition) is 5. The second-order valence-corrected chi connectivity index (χ2v) is 2.21. The largest absolute Gasteiger partial charge is 0.631 e. The van der Waals surface area contributed by atoms with Crippen LogP contribution in [0.25, 0.3) is 0 Å². The maximum atomic E-state index is 8.88. The van der Waals surface area contributed by atoms with Crippen molar-refractivity contribution in [1.29, 1.82) is 0 Å². The van der Waals surface area contributed by atoms with E-state index >= 15 is 0 Å². The first kappa shape index (κ1) is 15.3. The Bertz CT molecular complexity index is 88.4. The monoisotopic (exact) mass is 196 g/mol. The molecule has 0 aliphatic rings. The molecule has 0 saturated carbocycles. The lowest BCUT2D eigenvalue weighted by molar-refractivity contribution is 0.0201. The van der Waals surface area contributed by atoms with Gasteiger partial charge >= 0.3 is 7.32 Å². The number of rotatable bonds is 5. The molecule has 1 unspecified atom stereocenters. The molecular formula is C6H17BO6. The van der Waals surface area contributed by atoms with Gasteiger partial charge in [0.1, 0.15) is 0 Å². The summed E-state index contributed by atoms with van der Waals surface area (Å²) in [6.45, 7) is 2.55. The lowest BCUT2D eigenvalue weighted by atomic mass is 10.3. The van der Waals surface area contributed by atoms with Crippen LogP contribution in [0.5, 0.6) is 0 Å². The standard InChI is InChI=1S/C6H14O3.BH3O3/c1-2-6(8)5-9-4-3-7;2-1(3)4/h6-8H,2-5H2,1H3;2-4H. The van der Waals surface area contributed by atoms with Crippen LogP contribution in [0.2, 0.25) is 0 Å². The Labute approximate surface area is 77.6 Å². The molecule has 1 atom stereocenters. The Morgan fingerprint density at radius 1 is 1.31 bits per heavy atom. The summed E-state index contributed by atoms with van der Waals surface area (Å²) in [5, 5.41) is 38.6. The van der Waals surface area contributed by atoms with Crippen LogP contribution in [0.4, 0.5) is 0 Å². The lowest BCUT2D eigenvalue weighted by Crippen LogP contribution is -2.15. The van der Waals surface area contributed by atoms with Crippen molar-refractivity contribution < 1.29 is 30.0 Å². The fourth-order valence-corrected chi connectivity index (χ4v) is 0.402. The summed E-state index contributed by atoms with van der Waals surface area (Å²) in [6, 6.07) is 0. The van der Waals surface area contributed by atoms with Gasteiger partial charge in [-0.2, -0.15) is 0 Å². The van der Waals surface area contributed by atoms with Gasteiger partial charge in [-0.1, -0.05) is 6.92 Å². The molecule has 0 bridgehead atoms. The van der Waals surface area contributed by atoms with Crippen LogP contribution in [0.15, 0.2) is 0 Å². The second kappa shape index (κ2) is 11.8. The van der Waals surface area contributed by atoms with Crippen LogP contribution < -0.4 is 0 Å². The summed E-state index contributed by atoms with van der Waals surface area (Å²) in [5.74, 6) is 0. The van der Waals surface area contributed by atoms with Crippen molar-refractivity contribution in [2.45, 2.75) is 19.4 Å². The zero-order valence-electron chi connectivity index (χ0n) is 7.63. The van der Waals surface area contributed by atoms with Crippen LogP contribution in [0.3, 0.4) is 0 Å². The first-order valence-corrected chi connectivity index (χ1v) is 3.95. The van der Waals surface area contributed by atoms with Gasteiger partial charge in [-0.15, -0.1) is 0 Å². The fourth-order valence-electron chi connectivity index (χ4n) is 0.402. The highest BCUT2D eigenvalue weighted by Gasteiger charge is 1.97. The van der Waals surface area contributed by atoms with Gasteiger partial charge in [-0.25, -0.2) is 0 Å². The fraction of sp³-hybridized carbons (Fsp3) is 1.00. The summed E-state index contributed by atoms with van der Waals surface area (Å²) in [5.41, 5.74) is 0. The molecule has 0 aromatic heterocycles. The molecule has 0 heterocycles. The Kier molecular flexibility index (Phi) is 13.9. The third-order valence-electron chi connectivity index (χ3n) is 1.02. The van der Waals surface area contributed by atoms with Crippen molar-refractivity contribution in [3.63, 3.8) is 0 Å². The van der Waals surface area contributed by atoms with Gasteiger partial charge < -0.3 is 30.0 Å². The van der Waals surface area contributed by atoms with Crippen LogP contribution >= 0.6 is 0 Å². The third-order valence-corrected chi connectivity index (χ3v) is 1.02. The van der Waals surface area contributed by atoms with Crippen molar-refractivity contribution in [3.8, 4) is 0 Å². The van der Waals surface area contributed by atoms with E-state index in [9.17, 15) is 0 Å². The zero-order chi connectivity index (χ0) is 10.7. The first-order valence-electron chi connectivity index (χ1n) is 3.95. The Hall–Kier alpha value is -0.175.